The Bertz CT molecular complexity index is 185. The predicted octanol–water partition coefficient (Wildman–Crippen LogP) is 1.58. The number of nitrogens with two attached hydrogens (primary N) is 1. The Morgan fingerprint density at radius 3 is 2.33 bits per heavy atom. The molecule has 0 aromatic rings. The highest BCUT2D eigenvalue weighted by Gasteiger charge is 2.10. The topological polar surface area (TPSA) is 52.3 Å². The van der Waals surface area contributed by atoms with Crippen LogP contribution in [0.5, 0.6) is 0 Å². The van der Waals surface area contributed by atoms with E-state index in [1.807, 2.05) is 13.8 Å². The van der Waals surface area contributed by atoms with Crippen molar-refractivity contribution in [3.8, 4) is 0 Å². The minimum atomic E-state index is -0.302. The summed E-state index contributed by atoms with van der Waals surface area (Å²) >= 11 is 0. The zero-order valence-electron chi connectivity index (χ0n) is 8.02. The lowest BCUT2D eigenvalue weighted by atomic mass is 10.1. The number of carbonyl (C=O) groups is 1. The first-order valence-corrected chi connectivity index (χ1v) is 4.23. The molecular formula is C9H17NO2. The number of rotatable bonds is 4. The largest absolute Gasteiger partial charge is 0.466 e. The van der Waals surface area contributed by atoms with Crippen molar-refractivity contribution < 1.29 is 9.53 Å². The summed E-state index contributed by atoms with van der Waals surface area (Å²) in [6.07, 6.45) is 2.35. The average molecular weight is 171 g/mol. The molecule has 2 N–H and O–H groups in total. The van der Waals surface area contributed by atoms with Gasteiger partial charge in [-0.15, -0.1) is 0 Å². The van der Waals surface area contributed by atoms with E-state index in [-0.39, 0.29) is 5.97 Å². The van der Waals surface area contributed by atoms with E-state index in [0.29, 0.717) is 17.7 Å². The molecule has 0 heterocycles. The lowest BCUT2D eigenvalue weighted by Crippen LogP contribution is -2.12. The van der Waals surface area contributed by atoms with Crippen LogP contribution in [0.15, 0.2) is 11.3 Å². The Morgan fingerprint density at radius 2 is 2.00 bits per heavy atom. The standard InChI is InChI=1S/C9H17NO2/c1-4-6-8(10)7(5-2)9(11)12-3/h4-6,10H2,1-3H3/b8-7-. The Balaban J connectivity index is 4.48. The zero-order chi connectivity index (χ0) is 9.56. The molecule has 3 nitrogen and oxygen atoms in total. The Hall–Kier alpha value is -0.990. The van der Waals surface area contributed by atoms with Gasteiger partial charge in [-0.3, -0.25) is 0 Å². The number of allylic oxidation sites excluding steroid dienone is 1. The highest BCUT2D eigenvalue weighted by atomic mass is 16.5. The van der Waals surface area contributed by atoms with Crippen molar-refractivity contribution >= 4 is 5.97 Å². The average Bonchev–Trinajstić information content (AvgIpc) is 2.06. The summed E-state index contributed by atoms with van der Waals surface area (Å²) in [4.78, 5) is 11.1. The van der Waals surface area contributed by atoms with Crippen molar-refractivity contribution in [1.82, 2.24) is 0 Å². The lowest BCUT2D eigenvalue weighted by Gasteiger charge is -2.06. The fourth-order valence-corrected chi connectivity index (χ4v) is 1.05. The van der Waals surface area contributed by atoms with Gasteiger partial charge in [-0.1, -0.05) is 20.3 Å². The first-order valence-electron chi connectivity index (χ1n) is 4.23. The van der Waals surface area contributed by atoms with Gasteiger partial charge in [0.1, 0.15) is 0 Å². The quantitative estimate of drug-likeness (QED) is 0.516. The van der Waals surface area contributed by atoms with Crippen LogP contribution in [-0.4, -0.2) is 13.1 Å². The molecule has 12 heavy (non-hydrogen) atoms. The predicted molar refractivity (Wildman–Crippen MR) is 48.4 cm³/mol. The van der Waals surface area contributed by atoms with Crippen LogP contribution in [-0.2, 0) is 9.53 Å². The van der Waals surface area contributed by atoms with Crippen LogP contribution in [0.2, 0.25) is 0 Å². The molecule has 0 saturated heterocycles. The first kappa shape index (κ1) is 11.0. The van der Waals surface area contributed by atoms with E-state index in [9.17, 15) is 4.79 Å². The zero-order valence-corrected chi connectivity index (χ0v) is 8.02. The van der Waals surface area contributed by atoms with E-state index in [4.69, 9.17) is 5.73 Å². The maximum Gasteiger partial charge on any atom is 0.335 e. The molecule has 0 aliphatic carbocycles. The van der Waals surface area contributed by atoms with Crippen LogP contribution >= 0.6 is 0 Å². The van der Waals surface area contributed by atoms with Crippen LogP contribution in [0.3, 0.4) is 0 Å². The molecule has 0 spiro atoms. The Kier molecular flexibility index (Phi) is 5.17. The van der Waals surface area contributed by atoms with Crippen LogP contribution in [0.4, 0.5) is 0 Å². The SMILES string of the molecule is CCC/C(N)=C(\CC)C(=O)OC. The van der Waals surface area contributed by atoms with Gasteiger partial charge in [0.05, 0.1) is 12.7 Å². The van der Waals surface area contributed by atoms with Crippen molar-refractivity contribution in [2.24, 2.45) is 5.73 Å². The van der Waals surface area contributed by atoms with Crippen molar-refractivity contribution in [3.63, 3.8) is 0 Å². The molecule has 0 atom stereocenters. The summed E-state index contributed by atoms with van der Waals surface area (Å²) in [5, 5.41) is 0. The number of esters is 1. The summed E-state index contributed by atoms with van der Waals surface area (Å²) in [7, 11) is 1.37. The molecule has 0 radical (unpaired) electrons. The van der Waals surface area contributed by atoms with Gasteiger partial charge in [-0.2, -0.15) is 0 Å². The number of ether oxygens (including phenoxy) is 1. The molecule has 0 bridgehead atoms. The van der Waals surface area contributed by atoms with Gasteiger partial charge >= 0.3 is 5.97 Å². The second-order valence-electron chi connectivity index (χ2n) is 2.60. The smallest absolute Gasteiger partial charge is 0.335 e. The van der Waals surface area contributed by atoms with Crippen LogP contribution < -0.4 is 5.73 Å². The Labute approximate surface area is 73.6 Å². The van der Waals surface area contributed by atoms with Crippen LogP contribution in [0, 0.1) is 0 Å². The van der Waals surface area contributed by atoms with Gasteiger partial charge in [0, 0.05) is 5.70 Å². The molecule has 0 aromatic carbocycles. The number of carbonyl (C=O) groups excluding carboxylic acids is 1. The second-order valence-corrected chi connectivity index (χ2v) is 2.60. The van der Waals surface area contributed by atoms with Gasteiger partial charge in [0.25, 0.3) is 0 Å². The molecule has 3 heteroatoms. The third-order valence-corrected chi connectivity index (χ3v) is 1.69. The molecule has 0 aromatic heterocycles. The van der Waals surface area contributed by atoms with Crippen LogP contribution in [0.1, 0.15) is 33.1 Å². The summed E-state index contributed by atoms with van der Waals surface area (Å²) < 4.78 is 4.59. The molecule has 70 valence electrons. The van der Waals surface area contributed by atoms with Gasteiger partial charge in [-0.25, -0.2) is 4.79 Å². The minimum Gasteiger partial charge on any atom is -0.466 e. The number of methoxy groups -OCH3 is 1. The van der Waals surface area contributed by atoms with E-state index in [1.165, 1.54) is 7.11 Å². The molecular weight excluding hydrogens is 154 g/mol. The minimum absolute atomic E-state index is 0.302. The normalized spacial score (nSPS) is 12.2. The molecule has 0 fully saturated rings. The summed E-state index contributed by atoms with van der Waals surface area (Å²) in [6.45, 7) is 3.92. The number of hydrogen-bond donors (Lipinski definition) is 1. The van der Waals surface area contributed by atoms with E-state index in [1.54, 1.807) is 0 Å². The number of hydrogen-bond acceptors (Lipinski definition) is 3. The van der Waals surface area contributed by atoms with E-state index in [0.717, 1.165) is 12.8 Å². The van der Waals surface area contributed by atoms with Crippen molar-refractivity contribution in [2.75, 3.05) is 7.11 Å². The molecule has 0 saturated carbocycles. The second kappa shape index (κ2) is 5.63. The lowest BCUT2D eigenvalue weighted by molar-refractivity contribution is -0.136. The van der Waals surface area contributed by atoms with Crippen molar-refractivity contribution in [2.45, 2.75) is 33.1 Å². The fraction of sp³-hybridized carbons (Fsp3) is 0.667. The Morgan fingerprint density at radius 1 is 1.42 bits per heavy atom. The molecule has 0 aliphatic rings. The van der Waals surface area contributed by atoms with Gasteiger partial charge in [0.15, 0.2) is 0 Å². The highest BCUT2D eigenvalue weighted by Crippen LogP contribution is 2.10. The first-order chi connectivity index (χ1) is 5.67. The highest BCUT2D eigenvalue weighted by molar-refractivity contribution is 5.88. The van der Waals surface area contributed by atoms with Crippen molar-refractivity contribution in [3.05, 3.63) is 11.3 Å². The van der Waals surface area contributed by atoms with Crippen molar-refractivity contribution in [1.29, 1.82) is 0 Å². The van der Waals surface area contributed by atoms with Gasteiger partial charge < -0.3 is 10.5 Å². The third kappa shape index (κ3) is 2.95. The maximum absolute atomic E-state index is 11.1. The molecule has 0 aliphatic heterocycles. The maximum atomic E-state index is 11.1. The summed E-state index contributed by atoms with van der Waals surface area (Å²) in [6, 6.07) is 0. The summed E-state index contributed by atoms with van der Waals surface area (Å²) in [5.41, 5.74) is 6.96. The van der Waals surface area contributed by atoms with Crippen LogP contribution in [0.25, 0.3) is 0 Å². The monoisotopic (exact) mass is 171 g/mol. The molecule has 0 unspecified atom stereocenters. The molecule has 0 amide bonds. The fourth-order valence-electron chi connectivity index (χ4n) is 1.05. The van der Waals surface area contributed by atoms with Gasteiger partial charge in [-0.05, 0) is 12.8 Å². The van der Waals surface area contributed by atoms with E-state index < -0.39 is 0 Å². The van der Waals surface area contributed by atoms with E-state index >= 15 is 0 Å². The third-order valence-electron chi connectivity index (χ3n) is 1.69. The summed E-state index contributed by atoms with van der Waals surface area (Å²) in [5.74, 6) is -0.302. The van der Waals surface area contributed by atoms with Gasteiger partial charge in [0.2, 0.25) is 0 Å². The van der Waals surface area contributed by atoms with E-state index in [2.05, 4.69) is 4.74 Å². The molecule has 0 rings (SSSR count).